The van der Waals surface area contributed by atoms with Crippen LogP contribution < -0.4 is 10.6 Å². The zero-order valence-corrected chi connectivity index (χ0v) is 27.3. The zero-order chi connectivity index (χ0) is 33.0. The summed E-state index contributed by atoms with van der Waals surface area (Å²) >= 11 is 0. The molecule has 1 saturated heterocycles. The number of fused-ring (bicyclic) bond motifs is 1. The highest BCUT2D eigenvalue weighted by Gasteiger charge is 2.47. The lowest BCUT2D eigenvalue weighted by atomic mass is 9.75. The van der Waals surface area contributed by atoms with Gasteiger partial charge >= 0.3 is 12.1 Å². The first-order valence-corrected chi connectivity index (χ1v) is 17.0. The van der Waals surface area contributed by atoms with Crippen molar-refractivity contribution in [3.63, 3.8) is 0 Å². The molecular weight excluding hydrogens is 591 g/mol. The third-order valence-electron chi connectivity index (χ3n) is 10.2. The Morgan fingerprint density at radius 3 is 2.39 bits per heavy atom. The van der Waals surface area contributed by atoms with Gasteiger partial charge in [-0.15, -0.1) is 0 Å². The Balaban J connectivity index is 1.27. The van der Waals surface area contributed by atoms with E-state index in [4.69, 9.17) is 4.74 Å². The number of carbonyl (C=O) groups is 4. The van der Waals surface area contributed by atoms with Crippen LogP contribution in [-0.4, -0.2) is 69.8 Å². The highest BCUT2D eigenvalue weighted by Crippen LogP contribution is 2.41. The fraction of sp³-hybridized carbons (Fsp3) is 0.657. The molecule has 5 rings (SSSR count). The number of hydrogen-bond acceptors (Lipinski definition) is 5. The maximum Gasteiger partial charge on any atom is 0.407 e. The molecule has 2 heterocycles. The van der Waals surface area contributed by atoms with Gasteiger partial charge in [0.2, 0.25) is 11.8 Å². The first-order valence-electron chi connectivity index (χ1n) is 17.0. The summed E-state index contributed by atoms with van der Waals surface area (Å²) in [6, 6.07) is 5.87. The van der Waals surface area contributed by atoms with Crippen molar-refractivity contribution in [3.05, 3.63) is 30.0 Å². The number of carboxylic acids is 1. The van der Waals surface area contributed by atoms with Crippen molar-refractivity contribution in [2.45, 2.75) is 109 Å². The fourth-order valence-corrected chi connectivity index (χ4v) is 8.00. The van der Waals surface area contributed by atoms with E-state index in [-0.39, 0.29) is 47.7 Å². The number of carbonyl (C=O) groups excluding carboxylic acids is 3. The molecule has 3 fully saturated rings. The lowest BCUT2D eigenvalue weighted by Gasteiger charge is -2.37. The number of amides is 3. The summed E-state index contributed by atoms with van der Waals surface area (Å²) in [5.74, 6) is -0.951. The standard InChI is InChI=1S/C35H49FN4O6/c1-35(2,3)46-34(45)39-28(15-17-36)22-9-11-23(12-10-22)32(42)40-18-16-26(21-7-5-4-6-8-21)30(40)31(41)37-25-13-14-27-24(19-25)20-29(38-27)33(43)44/h13-14,19-23,26,28,30,38H,4-12,15-18H2,1-3H3,(H,37,41)(H,39,45)(H,43,44)/t22?,23?,26-,28+,30-/m0/s1. The van der Waals surface area contributed by atoms with E-state index in [9.17, 15) is 28.7 Å². The van der Waals surface area contributed by atoms with Gasteiger partial charge in [0.1, 0.15) is 17.3 Å². The summed E-state index contributed by atoms with van der Waals surface area (Å²) in [6.07, 6.45) is 8.66. The predicted molar refractivity (Wildman–Crippen MR) is 173 cm³/mol. The van der Waals surface area contributed by atoms with Crippen LogP contribution in [0.15, 0.2) is 24.3 Å². The first-order chi connectivity index (χ1) is 21.9. The van der Waals surface area contributed by atoms with E-state index in [1.807, 2.05) is 4.90 Å². The monoisotopic (exact) mass is 640 g/mol. The van der Waals surface area contributed by atoms with Crippen molar-refractivity contribution >= 4 is 40.5 Å². The molecule has 1 aliphatic heterocycles. The van der Waals surface area contributed by atoms with Gasteiger partial charge in [-0.25, -0.2) is 9.59 Å². The van der Waals surface area contributed by atoms with Crippen molar-refractivity contribution in [1.29, 1.82) is 0 Å². The molecule has 0 spiro atoms. The number of anilines is 1. The van der Waals surface area contributed by atoms with Crippen LogP contribution in [0.4, 0.5) is 14.9 Å². The van der Waals surface area contributed by atoms with Gasteiger partial charge in [-0.05, 0) is 101 Å². The molecule has 46 heavy (non-hydrogen) atoms. The molecule has 0 bridgehead atoms. The van der Waals surface area contributed by atoms with Gasteiger partial charge in [-0.1, -0.05) is 32.1 Å². The SMILES string of the molecule is CC(C)(C)OC(=O)N[C@H](CCF)C1CCC(C(=O)N2CC[C@@H](C3CCCCC3)[C@H]2C(=O)Nc2ccc3[nH]c(C(=O)O)cc3c2)CC1. The molecule has 3 atom stereocenters. The molecule has 3 amide bonds. The number of nitrogens with zero attached hydrogens (tertiary/aromatic N) is 1. The summed E-state index contributed by atoms with van der Waals surface area (Å²) in [5.41, 5.74) is 0.654. The average Bonchev–Trinajstić information content (AvgIpc) is 3.65. The van der Waals surface area contributed by atoms with Crippen LogP contribution >= 0.6 is 0 Å². The number of rotatable bonds is 9. The van der Waals surface area contributed by atoms with Crippen LogP contribution in [0, 0.1) is 23.7 Å². The Morgan fingerprint density at radius 2 is 1.74 bits per heavy atom. The number of aromatic carboxylic acids is 1. The van der Waals surface area contributed by atoms with Gasteiger partial charge < -0.3 is 30.4 Å². The lowest BCUT2D eigenvalue weighted by Crippen LogP contribution is -2.50. The molecule has 2 aliphatic carbocycles. The zero-order valence-electron chi connectivity index (χ0n) is 27.3. The Kier molecular flexibility index (Phi) is 10.6. The van der Waals surface area contributed by atoms with Crippen LogP contribution in [0.25, 0.3) is 10.9 Å². The van der Waals surface area contributed by atoms with E-state index in [1.54, 1.807) is 45.0 Å². The van der Waals surface area contributed by atoms with Crippen molar-refractivity contribution in [2.24, 2.45) is 23.7 Å². The van der Waals surface area contributed by atoms with E-state index < -0.39 is 30.4 Å². The molecule has 1 aromatic heterocycles. The molecular formula is C35H49FN4O6. The third kappa shape index (κ3) is 8.01. The summed E-state index contributed by atoms with van der Waals surface area (Å²) in [4.78, 5) is 56.7. The number of H-pyrrole nitrogens is 1. The van der Waals surface area contributed by atoms with Gasteiger partial charge in [-0.2, -0.15) is 0 Å². The van der Waals surface area contributed by atoms with Crippen molar-refractivity contribution < 1.29 is 33.4 Å². The van der Waals surface area contributed by atoms with E-state index in [0.717, 1.165) is 32.1 Å². The number of alkyl carbamates (subject to hydrolysis) is 1. The number of aromatic nitrogens is 1. The Labute approximate surface area is 270 Å². The van der Waals surface area contributed by atoms with Crippen LogP contribution in [0.2, 0.25) is 0 Å². The minimum Gasteiger partial charge on any atom is -0.477 e. The van der Waals surface area contributed by atoms with Crippen LogP contribution in [0.5, 0.6) is 0 Å². The highest BCUT2D eigenvalue weighted by molar-refractivity contribution is 6.00. The predicted octanol–water partition coefficient (Wildman–Crippen LogP) is 6.66. The number of ether oxygens (including phenoxy) is 1. The molecule has 10 nitrogen and oxygen atoms in total. The molecule has 2 saturated carbocycles. The average molecular weight is 641 g/mol. The topological polar surface area (TPSA) is 141 Å². The van der Waals surface area contributed by atoms with E-state index in [2.05, 4.69) is 15.6 Å². The second-order valence-electron chi connectivity index (χ2n) is 14.4. The maximum atomic E-state index is 14.1. The number of alkyl halides is 1. The van der Waals surface area contributed by atoms with Crippen LogP contribution in [-0.2, 0) is 14.3 Å². The van der Waals surface area contributed by atoms with Gasteiger partial charge in [0.05, 0.1) is 6.67 Å². The highest BCUT2D eigenvalue weighted by atomic mass is 19.1. The van der Waals surface area contributed by atoms with Crippen LogP contribution in [0.3, 0.4) is 0 Å². The normalized spacial score (nSPS) is 24.8. The summed E-state index contributed by atoms with van der Waals surface area (Å²) < 4.78 is 18.9. The number of likely N-dealkylation sites (tertiary alicyclic amines) is 1. The number of aromatic amines is 1. The van der Waals surface area contributed by atoms with Crippen LogP contribution in [0.1, 0.15) is 102 Å². The number of hydrogen-bond donors (Lipinski definition) is 4. The summed E-state index contributed by atoms with van der Waals surface area (Å²) in [6.45, 7) is 5.35. The number of halogens is 1. The Hall–Kier alpha value is -3.63. The van der Waals surface area contributed by atoms with Crippen molar-refractivity contribution in [2.75, 3.05) is 18.5 Å². The lowest BCUT2D eigenvalue weighted by molar-refractivity contribution is -0.142. The first kappa shape index (κ1) is 33.7. The minimum absolute atomic E-state index is 0.00578. The van der Waals surface area contributed by atoms with E-state index >= 15 is 0 Å². The Morgan fingerprint density at radius 1 is 1.02 bits per heavy atom. The van der Waals surface area contributed by atoms with Gasteiger partial charge in [0, 0.05) is 35.1 Å². The molecule has 3 aliphatic rings. The molecule has 4 N–H and O–H groups in total. The molecule has 0 radical (unpaired) electrons. The van der Waals surface area contributed by atoms with Gasteiger partial charge in [0.15, 0.2) is 0 Å². The molecule has 2 aromatic rings. The minimum atomic E-state index is -1.05. The Bertz CT molecular complexity index is 1410. The van der Waals surface area contributed by atoms with E-state index in [0.29, 0.717) is 54.7 Å². The van der Waals surface area contributed by atoms with Gasteiger partial charge in [0.25, 0.3) is 0 Å². The van der Waals surface area contributed by atoms with Crippen molar-refractivity contribution in [1.82, 2.24) is 15.2 Å². The number of benzene rings is 1. The van der Waals surface area contributed by atoms with Crippen molar-refractivity contribution in [3.8, 4) is 0 Å². The summed E-state index contributed by atoms with van der Waals surface area (Å²) in [7, 11) is 0. The number of carboxylic acid groups (broad SMARTS) is 1. The van der Waals surface area contributed by atoms with E-state index in [1.165, 1.54) is 6.42 Å². The maximum absolute atomic E-state index is 14.1. The third-order valence-corrected chi connectivity index (χ3v) is 10.2. The molecule has 252 valence electrons. The molecule has 11 heteroatoms. The number of nitrogens with one attached hydrogen (secondary N) is 3. The second kappa shape index (κ2) is 14.4. The smallest absolute Gasteiger partial charge is 0.407 e. The summed E-state index contributed by atoms with van der Waals surface area (Å²) in [5, 5.41) is 16.0. The van der Waals surface area contributed by atoms with Gasteiger partial charge in [-0.3, -0.25) is 14.0 Å². The fourth-order valence-electron chi connectivity index (χ4n) is 8.00. The largest absolute Gasteiger partial charge is 0.477 e. The second-order valence-corrected chi connectivity index (χ2v) is 14.4. The molecule has 0 unspecified atom stereocenters. The quantitative estimate of drug-likeness (QED) is 0.242. The molecule has 1 aromatic carbocycles.